The van der Waals surface area contributed by atoms with Crippen LogP contribution < -0.4 is 20.7 Å². The number of ether oxygens (including phenoxy) is 1. The maximum atomic E-state index is 13.3. The number of thioether (sulfide) groups is 1. The van der Waals surface area contributed by atoms with E-state index < -0.39 is 11.8 Å². The predicted molar refractivity (Wildman–Crippen MR) is 178 cm³/mol. The van der Waals surface area contributed by atoms with Crippen LogP contribution in [-0.4, -0.2) is 30.1 Å². The zero-order valence-electron chi connectivity index (χ0n) is 24.1. The highest BCUT2D eigenvalue weighted by Gasteiger charge is 2.15. The van der Waals surface area contributed by atoms with Crippen molar-refractivity contribution in [2.24, 2.45) is 0 Å². The average molecular weight is 602 g/mol. The molecular weight excluding hydrogens is 570 g/mol. The molecule has 5 aromatic rings. The van der Waals surface area contributed by atoms with Crippen LogP contribution in [0.4, 0.5) is 11.4 Å². The van der Waals surface area contributed by atoms with Gasteiger partial charge in [-0.3, -0.25) is 14.4 Å². The Balaban J connectivity index is 1.23. The van der Waals surface area contributed by atoms with Crippen LogP contribution in [0.1, 0.15) is 22.8 Å². The van der Waals surface area contributed by atoms with E-state index in [9.17, 15) is 14.4 Å². The van der Waals surface area contributed by atoms with Crippen LogP contribution in [0, 0.1) is 0 Å². The van der Waals surface area contributed by atoms with E-state index in [4.69, 9.17) is 4.74 Å². The van der Waals surface area contributed by atoms with Gasteiger partial charge in [-0.1, -0.05) is 66.7 Å². The first-order chi connectivity index (χ1) is 21.5. The van der Waals surface area contributed by atoms with Crippen LogP contribution in [0.15, 0.2) is 132 Å². The Bertz CT molecular complexity index is 1780. The predicted octanol–water partition coefficient (Wildman–Crippen LogP) is 7.38. The van der Waals surface area contributed by atoms with Gasteiger partial charge in [-0.15, -0.1) is 11.8 Å². The van der Waals surface area contributed by atoms with E-state index in [0.717, 1.165) is 26.9 Å². The monoisotopic (exact) mass is 601 g/mol. The molecule has 0 bridgehead atoms. The lowest BCUT2D eigenvalue weighted by Crippen LogP contribution is -2.30. The van der Waals surface area contributed by atoms with Gasteiger partial charge in [0.15, 0.2) is 0 Å². The van der Waals surface area contributed by atoms with Gasteiger partial charge in [-0.05, 0) is 78.5 Å². The molecule has 0 heterocycles. The van der Waals surface area contributed by atoms with E-state index in [1.165, 1.54) is 11.8 Å². The minimum Gasteiger partial charge on any atom is -0.494 e. The number of carbonyl (C=O) groups is 3. The molecule has 0 radical (unpaired) electrons. The van der Waals surface area contributed by atoms with Crippen molar-refractivity contribution in [1.82, 2.24) is 5.32 Å². The zero-order chi connectivity index (χ0) is 30.7. The van der Waals surface area contributed by atoms with Crippen molar-refractivity contribution in [3.63, 3.8) is 0 Å². The Labute approximate surface area is 260 Å². The van der Waals surface area contributed by atoms with Gasteiger partial charge >= 0.3 is 0 Å². The fourth-order valence-corrected chi connectivity index (χ4v) is 5.14. The van der Waals surface area contributed by atoms with E-state index in [2.05, 4.69) is 16.0 Å². The van der Waals surface area contributed by atoms with Crippen molar-refractivity contribution < 1.29 is 19.1 Å². The topological polar surface area (TPSA) is 96.5 Å². The fraction of sp³-hybridized carbons (Fsp3) is 0.0833. The normalized spacial score (nSPS) is 11.1. The van der Waals surface area contributed by atoms with Crippen LogP contribution in [-0.2, 0) is 9.59 Å². The summed E-state index contributed by atoms with van der Waals surface area (Å²) in [4.78, 5) is 39.8. The summed E-state index contributed by atoms with van der Waals surface area (Å²) in [5.41, 5.74) is 2.57. The van der Waals surface area contributed by atoms with Crippen molar-refractivity contribution in [1.29, 1.82) is 0 Å². The van der Waals surface area contributed by atoms with Gasteiger partial charge in [0.1, 0.15) is 11.4 Å². The second kappa shape index (κ2) is 14.7. The van der Waals surface area contributed by atoms with E-state index in [1.807, 2.05) is 91.9 Å². The van der Waals surface area contributed by atoms with Crippen molar-refractivity contribution in [2.45, 2.75) is 11.8 Å². The molecule has 0 aliphatic rings. The van der Waals surface area contributed by atoms with Gasteiger partial charge in [-0.2, -0.15) is 0 Å². The lowest BCUT2D eigenvalue weighted by Gasteiger charge is -2.12. The van der Waals surface area contributed by atoms with Crippen molar-refractivity contribution in [2.75, 3.05) is 23.0 Å². The summed E-state index contributed by atoms with van der Waals surface area (Å²) in [5, 5.41) is 10.7. The third-order valence-electron chi connectivity index (χ3n) is 6.58. The maximum Gasteiger partial charge on any atom is 0.272 e. The molecule has 0 saturated heterocycles. The minimum atomic E-state index is -0.474. The van der Waals surface area contributed by atoms with Gasteiger partial charge in [0.05, 0.1) is 12.4 Å². The smallest absolute Gasteiger partial charge is 0.272 e. The highest BCUT2D eigenvalue weighted by Crippen LogP contribution is 2.25. The van der Waals surface area contributed by atoms with Crippen LogP contribution in [0.3, 0.4) is 0 Å². The van der Waals surface area contributed by atoms with Gasteiger partial charge < -0.3 is 20.7 Å². The van der Waals surface area contributed by atoms with Gasteiger partial charge in [0, 0.05) is 27.2 Å². The molecule has 5 rings (SSSR count). The maximum absolute atomic E-state index is 13.3. The summed E-state index contributed by atoms with van der Waals surface area (Å²) < 4.78 is 5.50. The Morgan fingerprint density at radius 1 is 0.750 bits per heavy atom. The molecule has 0 atom stereocenters. The fourth-order valence-electron chi connectivity index (χ4n) is 4.44. The summed E-state index contributed by atoms with van der Waals surface area (Å²) in [6.07, 6.45) is 1.62. The number of anilines is 2. The average Bonchev–Trinajstić information content (AvgIpc) is 3.05. The van der Waals surface area contributed by atoms with Gasteiger partial charge in [-0.25, -0.2) is 0 Å². The summed E-state index contributed by atoms with van der Waals surface area (Å²) >= 11 is 1.40. The molecule has 5 aromatic carbocycles. The highest BCUT2D eigenvalue weighted by atomic mass is 32.2. The summed E-state index contributed by atoms with van der Waals surface area (Å²) in [7, 11) is 0. The first-order valence-electron chi connectivity index (χ1n) is 14.1. The van der Waals surface area contributed by atoms with Crippen LogP contribution in [0.5, 0.6) is 5.75 Å². The molecule has 8 heteroatoms. The lowest BCUT2D eigenvalue weighted by molar-refractivity contribution is -0.114. The number of benzene rings is 5. The van der Waals surface area contributed by atoms with Crippen LogP contribution in [0.25, 0.3) is 16.8 Å². The molecule has 0 aromatic heterocycles. The van der Waals surface area contributed by atoms with Crippen molar-refractivity contribution in [3.8, 4) is 5.75 Å². The van der Waals surface area contributed by atoms with Crippen LogP contribution >= 0.6 is 11.8 Å². The molecular formula is C36H31N3O4S. The third-order valence-corrected chi connectivity index (χ3v) is 7.59. The minimum absolute atomic E-state index is 0.0894. The molecule has 0 spiro atoms. The summed E-state index contributed by atoms with van der Waals surface area (Å²) in [6.45, 7) is 2.45. The highest BCUT2D eigenvalue weighted by molar-refractivity contribution is 8.00. The number of hydrogen-bond donors (Lipinski definition) is 3. The largest absolute Gasteiger partial charge is 0.494 e. The van der Waals surface area contributed by atoms with Gasteiger partial charge in [0.2, 0.25) is 5.91 Å². The van der Waals surface area contributed by atoms with E-state index in [1.54, 1.807) is 42.5 Å². The molecule has 0 unspecified atom stereocenters. The molecule has 7 nitrogen and oxygen atoms in total. The molecule has 3 amide bonds. The van der Waals surface area contributed by atoms with Gasteiger partial charge in [0.25, 0.3) is 11.8 Å². The first-order valence-corrected chi connectivity index (χ1v) is 15.1. The van der Waals surface area contributed by atoms with E-state index >= 15 is 0 Å². The number of fused-ring (bicyclic) bond motifs is 1. The molecule has 0 aliphatic carbocycles. The molecule has 0 aliphatic heterocycles. The third kappa shape index (κ3) is 8.14. The Kier molecular flexibility index (Phi) is 10.1. The number of hydrogen-bond acceptors (Lipinski definition) is 5. The number of amides is 3. The Morgan fingerprint density at radius 2 is 1.45 bits per heavy atom. The second-order valence-corrected chi connectivity index (χ2v) is 10.8. The quantitative estimate of drug-likeness (QED) is 0.108. The molecule has 44 heavy (non-hydrogen) atoms. The number of carbonyl (C=O) groups excluding carboxylic acids is 3. The molecule has 0 fully saturated rings. The van der Waals surface area contributed by atoms with E-state index in [-0.39, 0.29) is 17.4 Å². The first kappa shape index (κ1) is 30.1. The number of nitrogens with one attached hydrogen (secondary N) is 3. The Morgan fingerprint density at radius 3 is 2.20 bits per heavy atom. The van der Waals surface area contributed by atoms with Crippen molar-refractivity contribution in [3.05, 3.63) is 138 Å². The van der Waals surface area contributed by atoms with Crippen LogP contribution in [0.2, 0.25) is 0 Å². The SMILES string of the molecule is CCOc1ccc(/C=C(\NC(=O)c2ccccc2)C(=O)Nc2ccc(SCC(=O)Nc3cccc4ccccc34)cc2)cc1. The Hall–Kier alpha value is -5.34. The molecule has 220 valence electrons. The summed E-state index contributed by atoms with van der Waals surface area (Å²) in [5.74, 6) is -0.0329. The van der Waals surface area contributed by atoms with E-state index in [0.29, 0.717) is 23.6 Å². The molecule has 3 N–H and O–H groups in total. The number of rotatable bonds is 11. The second-order valence-electron chi connectivity index (χ2n) is 9.72. The standard InChI is InChI=1S/C36H31N3O4S/c1-2-43-29-19-15-25(16-20-29)23-33(39-35(41)27-10-4-3-5-11-27)36(42)37-28-17-21-30(22-18-28)44-24-34(40)38-32-14-8-12-26-9-6-7-13-31(26)32/h3-23H,2,24H2,1H3,(H,37,42)(H,38,40)(H,39,41)/b33-23-. The zero-order valence-corrected chi connectivity index (χ0v) is 24.9. The van der Waals surface area contributed by atoms with Crippen molar-refractivity contribution >= 4 is 57.7 Å². The summed E-state index contributed by atoms with van der Waals surface area (Å²) in [6, 6.07) is 36.9. The molecule has 0 saturated carbocycles. The lowest BCUT2D eigenvalue weighted by atomic mass is 10.1.